The largest absolute Gasteiger partial charge is 0.352 e. The Morgan fingerprint density at radius 3 is 2.65 bits per heavy atom. The monoisotopic (exact) mass is 296 g/mol. The molecule has 1 aromatic carbocycles. The van der Waals surface area contributed by atoms with Crippen LogP contribution >= 0.6 is 11.6 Å². The molecule has 2 fully saturated rings. The number of halogens is 2. The van der Waals surface area contributed by atoms with Crippen molar-refractivity contribution in [2.45, 2.75) is 37.8 Å². The number of hydrogen-bond donors (Lipinski definition) is 2. The molecule has 2 N–H and O–H groups in total. The summed E-state index contributed by atoms with van der Waals surface area (Å²) < 4.78 is 13.2. The van der Waals surface area contributed by atoms with Crippen LogP contribution < -0.4 is 10.6 Å². The van der Waals surface area contributed by atoms with Crippen molar-refractivity contribution in [2.75, 3.05) is 6.54 Å². The predicted octanol–water partition coefficient (Wildman–Crippen LogP) is 2.74. The zero-order chi connectivity index (χ0) is 14.1. The minimum absolute atomic E-state index is 0.245. The molecule has 0 radical (unpaired) electrons. The summed E-state index contributed by atoms with van der Waals surface area (Å²) >= 11 is 5.76. The van der Waals surface area contributed by atoms with Gasteiger partial charge in [0.2, 0.25) is 0 Å². The summed E-state index contributed by atoms with van der Waals surface area (Å²) in [5.41, 5.74) is 0.284. The van der Waals surface area contributed by atoms with E-state index in [0.717, 1.165) is 12.8 Å². The topological polar surface area (TPSA) is 41.1 Å². The fraction of sp³-hybridized carbons (Fsp3) is 0.533. The molecule has 3 rings (SSSR count). The molecule has 2 aliphatic rings. The van der Waals surface area contributed by atoms with Crippen molar-refractivity contribution >= 4 is 17.5 Å². The summed E-state index contributed by atoms with van der Waals surface area (Å²) in [6.07, 6.45) is 4.71. The molecule has 2 unspecified atom stereocenters. The van der Waals surface area contributed by atoms with Crippen LogP contribution in [0.5, 0.6) is 0 Å². The van der Waals surface area contributed by atoms with Crippen molar-refractivity contribution in [3.05, 3.63) is 34.6 Å². The second-order valence-electron chi connectivity index (χ2n) is 5.84. The lowest BCUT2D eigenvalue weighted by atomic mass is 9.92. The van der Waals surface area contributed by atoms with Gasteiger partial charge >= 0.3 is 0 Å². The van der Waals surface area contributed by atoms with Gasteiger partial charge in [-0.1, -0.05) is 11.6 Å². The Balaban J connectivity index is 1.56. The van der Waals surface area contributed by atoms with E-state index in [1.165, 1.54) is 31.0 Å². The lowest BCUT2D eigenvalue weighted by molar-refractivity contribution is 0.0941. The molecule has 2 heterocycles. The smallest absolute Gasteiger partial charge is 0.251 e. The quantitative estimate of drug-likeness (QED) is 0.900. The lowest BCUT2D eigenvalue weighted by Crippen LogP contribution is -2.42. The van der Waals surface area contributed by atoms with Crippen LogP contribution in [0.1, 0.15) is 36.0 Å². The molecule has 0 spiro atoms. The Kier molecular flexibility index (Phi) is 3.94. The van der Waals surface area contributed by atoms with Gasteiger partial charge in [0.25, 0.3) is 5.91 Å². The molecule has 20 heavy (non-hydrogen) atoms. The molecule has 1 aromatic rings. The van der Waals surface area contributed by atoms with Crippen molar-refractivity contribution < 1.29 is 9.18 Å². The summed E-state index contributed by atoms with van der Waals surface area (Å²) in [6.45, 7) is 0.654. The number of amides is 1. The minimum atomic E-state index is -0.484. The Hall–Kier alpha value is -1.13. The molecule has 2 bridgehead atoms. The molecule has 2 aliphatic heterocycles. The summed E-state index contributed by atoms with van der Waals surface area (Å²) in [6, 6.07) is 5.13. The van der Waals surface area contributed by atoms with Crippen molar-refractivity contribution in [3.63, 3.8) is 0 Å². The second kappa shape index (κ2) is 5.70. The van der Waals surface area contributed by atoms with Crippen molar-refractivity contribution in [1.82, 2.24) is 10.6 Å². The van der Waals surface area contributed by atoms with Gasteiger partial charge in [-0.15, -0.1) is 0 Å². The first-order chi connectivity index (χ1) is 9.60. The van der Waals surface area contributed by atoms with Gasteiger partial charge in [0, 0.05) is 29.2 Å². The maximum absolute atomic E-state index is 13.2. The van der Waals surface area contributed by atoms with E-state index in [0.29, 0.717) is 24.5 Å². The number of fused-ring (bicyclic) bond motifs is 2. The molecule has 3 nitrogen and oxygen atoms in total. The summed E-state index contributed by atoms with van der Waals surface area (Å²) in [7, 11) is 0. The highest BCUT2D eigenvalue weighted by atomic mass is 35.5. The molecule has 0 saturated carbocycles. The Morgan fingerprint density at radius 1 is 1.30 bits per heavy atom. The molecular weight excluding hydrogens is 279 g/mol. The maximum Gasteiger partial charge on any atom is 0.251 e. The molecule has 0 aromatic heterocycles. The number of nitrogens with one attached hydrogen (secondary N) is 2. The fourth-order valence-electron chi connectivity index (χ4n) is 3.37. The minimum Gasteiger partial charge on any atom is -0.352 e. The van der Waals surface area contributed by atoms with Crippen LogP contribution in [0, 0.1) is 11.7 Å². The molecule has 2 saturated heterocycles. The molecule has 0 aliphatic carbocycles. The zero-order valence-corrected chi connectivity index (χ0v) is 11.9. The van der Waals surface area contributed by atoms with E-state index in [1.807, 2.05) is 0 Å². The van der Waals surface area contributed by atoms with Crippen molar-refractivity contribution in [1.29, 1.82) is 0 Å². The lowest BCUT2D eigenvalue weighted by Gasteiger charge is -2.29. The molecular formula is C15H18ClFN2O. The zero-order valence-electron chi connectivity index (χ0n) is 11.2. The average Bonchev–Trinajstić information content (AvgIpc) is 2.74. The van der Waals surface area contributed by atoms with E-state index in [1.54, 1.807) is 0 Å². The van der Waals surface area contributed by atoms with Crippen LogP contribution in [0.4, 0.5) is 4.39 Å². The van der Waals surface area contributed by atoms with E-state index in [-0.39, 0.29) is 16.5 Å². The first-order valence-corrected chi connectivity index (χ1v) is 7.48. The molecule has 2 atom stereocenters. The van der Waals surface area contributed by atoms with Crippen LogP contribution in [0.15, 0.2) is 18.2 Å². The van der Waals surface area contributed by atoms with E-state index in [9.17, 15) is 9.18 Å². The number of hydrogen-bond acceptors (Lipinski definition) is 2. The summed E-state index contributed by atoms with van der Waals surface area (Å²) in [4.78, 5) is 12.0. The highest BCUT2D eigenvalue weighted by molar-refractivity contribution is 6.31. The summed E-state index contributed by atoms with van der Waals surface area (Å²) in [5, 5.41) is 6.72. The number of benzene rings is 1. The van der Waals surface area contributed by atoms with Gasteiger partial charge in [-0.2, -0.15) is 0 Å². The van der Waals surface area contributed by atoms with E-state index in [2.05, 4.69) is 10.6 Å². The normalized spacial score (nSPS) is 28.4. The van der Waals surface area contributed by atoms with Gasteiger partial charge in [0.15, 0.2) is 0 Å². The predicted molar refractivity (Wildman–Crippen MR) is 76.4 cm³/mol. The van der Waals surface area contributed by atoms with Gasteiger partial charge in [0.1, 0.15) is 5.82 Å². The van der Waals surface area contributed by atoms with Crippen molar-refractivity contribution in [2.24, 2.45) is 5.92 Å². The van der Waals surface area contributed by atoms with Gasteiger partial charge in [-0.25, -0.2) is 4.39 Å². The van der Waals surface area contributed by atoms with Crippen LogP contribution in [-0.4, -0.2) is 24.5 Å². The van der Waals surface area contributed by atoms with E-state index >= 15 is 0 Å². The van der Waals surface area contributed by atoms with Crippen LogP contribution in [0.2, 0.25) is 5.02 Å². The van der Waals surface area contributed by atoms with E-state index < -0.39 is 5.82 Å². The Bertz CT molecular complexity index is 490. The Morgan fingerprint density at radius 2 is 2.00 bits per heavy atom. The first kappa shape index (κ1) is 13.8. The first-order valence-electron chi connectivity index (χ1n) is 7.10. The second-order valence-corrected chi connectivity index (χ2v) is 6.28. The summed E-state index contributed by atoms with van der Waals surface area (Å²) in [5.74, 6) is -0.221. The number of piperidine rings is 1. The number of rotatable bonds is 3. The van der Waals surface area contributed by atoms with Gasteiger partial charge in [-0.05, 0) is 49.8 Å². The number of carbonyl (C=O) groups excluding carboxylic acids is 1. The van der Waals surface area contributed by atoms with Gasteiger partial charge < -0.3 is 10.6 Å². The van der Waals surface area contributed by atoms with E-state index in [4.69, 9.17) is 11.6 Å². The molecule has 5 heteroatoms. The third-order valence-corrected chi connectivity index (χ3v) is 4.46. The number of carbonyl (C=O) groups is 1. The molecule has 1 amide bonds. The van der Waals surface area contributed by atoms with Gasteiger partial charge in [0.05, 0.1) is 0 Å². The highest BCUT2D eigenvalue weighted by Crippen LogP contribution is 2.30. The SMILES string of the molecule is O=C(NCC1CC2CCC(C1)N2)c1cc(F)cc(Cl)c1. The standard InChI is InChI=1S/C15H18ClFN2O/c16-11-5-10(6-12(17)7-11)15(20)18-8-9-3-13-1-2-14(4-9)19-13/h5-7,9,13-14,19H,1-4,8H2,(H,18,20). The van der Waals surface area contributed by atoms with Crippen LogP contribution in [0.25, 0.3) is 0 Å². The fourth-order valence-corrected chi connectivity index (χ4v) is 3.59. The third kappa shape index (κ3) is 3.13. The Labute approximate surface area is 122 Å². The van der Waals surface area contributed by atoms with Crippen LogP contribution in [0.3, 0.4) is 0 Å². The third-order valence-electron chi connectivity index (χ3n) is 4.25. The maximum atomic E-state index is 13.2. The highest BCUT2D eigenvalue weighted by Gasteiger charge is 2.33. The molecule has 108 valence electrons. The average molecular weight is 297 g/mol. The van der Waals surface area contributed by atoms with Crippen LogP contribution in [-0.2, 0) is 0 Å². The van der Waals surface area contributed by atoms with Crippen molar-refractivity contribution in [3.8, 4) is 0 Å². The van der Waals surface area contributed by atoms with Gasteiger partial charge in [-0.3, -0.25) is 4.79 Å².